The van der Waals surface area contributed by atoms with E-state index in [1.165, 1.54) is 98.4 Å². The second-order valence-corrected chi connectivity index (χ2v) is 13.1. The molecule has 0 amide bonds. The van der Waals surface area contributed by atoms with Crippen LogP contribution in [0.5, 0.6) is 0 Å². The van der Waals surface area contributed by atoms with E-state index in [1.54, 1.807) is 0 Å². The van der Waals surface area contributed by atoms with E-state index < -0.39 is 0 Å². The minimum Gasteiger partial charge on any atom is -0.0622 e. The van der Waals surface area contributed by atoms with Crippen molar-refractivity contribution in [2.45, 2.75) is 12.8 Å². The van der Waals surface area contributed by atoms with Crippen molar-refractivity contribution < 1.29 is 0 Å². The van der Waals surface area contributed by atoms with E-state index in [0.29, 0.717) is 0 Å². The molecule has 0 radical (unpaired) electrons. The second-order valence-electron chi connectivity index (χ2n) is 13.1. The lowest BCUT2D eigenvalue weighted by molar-refractivity contribution is 1.01. The highest BCUT2D eigenvalue weighted by atomic mass is 14.2. The fourth-order valence-corrected chi connectivity index (χ4v) is 8.40. The van der Waals surface area contributed by atoms with E-state index in [0.717, 1.165) is 12.8 Å². The van der Waals surface area contributed by atoms with Gasteiger partial charge >= 0.3 is 0 Å². The molecule has 0 saturated heterocycles. The van der Waals surface area contributed by atoms with E-state index in [2.05, 4.69) is 170 Å². The molecule has 9 aromatic rings. The molecule has 0 aromatic heterocycles. The van der Waals surface area contributed by atoms with E-state index in [1.807, 2.05) is 0 Å². The molecular formula is C48H32. The highest BCUT2D eigenvalue weighted by Gasteiger charge is 2.19. The van der Waals surface area contributed by atoms with Gasteiger partial charge in [-0.05, 0) is 123 Å². The molecule has 224 valence electrons. The van der Waals surface area contributed by atoms with Crippen molar-refractivity contribution in [1.29, 1.82) is 0 Å². The van der Waals surface area contributed by atoms with Gasteiger partial charge in [-0.1, -0.05) is 158 Å². The molecule has 1 aliphatic rings. The molecule has 0 spiro atoms. The first-order valence-electron chi connectivity index (χ1n) is 17.0. The first kappa shape index (κ1) is 27.2. The maximum absolute atomic E-state index is 2.41. The van der Waals surface area contributed by atoms with Gasteiger partial charge < -0.3 is 0 Å². The lowest BCUT2D eigenvalue weighted by atomic mass is 9.84. The predicted molar refractivity (Wildman–Crippen MR) is 205 cm³/mol. The summed E-state index contributed by atoms with van der Waals surface area (Å²) in [6, 6.07) is 63.0. The van der Waals surface area contributed by atoms with E-state index >= 15 is 0 Å². The van der Waals surface area contributed by atoms with E-state index in [-0.39, 0.29) is 0 Å². The Bertz CT molecular complexity index is 2690. The van der Waals surface area contributed by atoms with Crippen molar-refractivity contribution in [2.24, 2.45) is 0 Å². The minimum absolute atomic E-state index is 1.05. The van der Waals surface area contributed by atoms with Gasteiger partial charge in [0.2, 0.25) is 0 Å². The van der Waals surface area contributed by atoms with Crippen molar-refractivity contribution >= 4 is 48.7 Å². The SMILES string of the molecule is c1ccc(-c2c3ccccc3c(-c3cccc(-c4cccc(C5=c6ccc7cccc8ccc(c6c87)CC5)c4)c3)c3ccccc23)cc1. The van der Waals surface area contributed by atoms with Crippen molar-refractivity contribution in [3.63, 3.8) is 0 Å². The fraction of sp³-hybridized carbons (Fsp3) is 0.0417. The van der Waals surface area contributed by atoms with Gasteiger partial charge in [0.25, 0.3) is 0 Å². The Kier molecular flexibility index (Phi) is 6.11. The number of aryl methyl sites for hydroxylation is 1. The Balaban J connectivity index is 1.16. The summed E-state index contributed by atoms with van der Waals surface area (Å²) in [4.78, 5) is 0. The van der Waals surface area contributed by atoms with Gasteiger partial charge in [0.15, 0.2) is 0 Å². The van der Waals surface area contributed by atoms with Crippen LogP contribution in [-0.4, -0.2) is 0 Å². The molecule has 0 unspecified atom stereocenters. The number of hydrogen-bond acceptors (Lipinski definition) is 0. The highest BCUT2D eigenvalue weighted by Crippen LogP contribution is 2.44. The van der Waals surface area contributed by atoms with Crippen molar-refractivity contribution in [2.75, 3.05) is 0 Å². The van der Waals surface area contributed by atoms with Crippen LogP contribution in [0.4, 0.5) is 0 Å². The number of hydrogen-bond donors (Lipinski definition) is 0. The topological polar surface area (TPSA) is 0 Å². The fourth-order valence-electron chi connectivity index (χ4n) is 8.40. The van der Waals surface area contributed by atoms with Gasteiger partial charge in [-0.3, -0.25) is 0 Å². The van der Waals surface area contributed by atoms with Gasteiger partial charge in [-0.25, -0.2) is 0 Å². The Labute approximate surface area is 280 Å². The van der Waals surface area contributed by atoms with Gasteiger partial charge in [0.05, 0.1) is 0 Å². The molecule has 10 rings (SSSR count). The third-order valence-electron chi connectivity index (χ3n) is 10.5. The molecule has 9 aromatic carbocycles. The van der Waals surface area contributed by atoms with Crippen LogP contribution in [-0.2, 0) is 6.42 Å². The molecule has 0 saturated carbocycles. The van der Waals surface area contributed by atoms with Crippen LogP contribution in [0.3, 0.4) is 0 Å². The van der Waals surface area contributed by atoms with Crippen LogP contribution in [0.25, 0.3) is 82.0 Å². The smallest absolute Gasteiger partial charge is 0.00262 e. The lowest BCUT2D eigenvalue weighted by Crippen LogP contribution is -2.16. The average molecular weight is 609 g/mol. The van der Waals surface area contributed by atoms with Crippen LogP contribution < -0.4 is 5.22 Å². The monoisotopic (exact) mass is 608 g/mol. The van der Waals surface area contributed by atoms with Crippen LogP contribution in [0, 0.1) is 0 Å². The molecule has 0 heteroatoms. The molecule has 0 bridgehead atoms. The summed E-state index contributed by atoms with van der Waals surface area (Å²) in [5.41, 5.74) is 11.8. The summed E-state index contributed by atoms with van der Waals surface area (Å²) in [5.74, 6) is 0. The zero-order valence-electron chi connectivity index (χ0n) is 26.6. The van der Waals surface area contributed by atoms with Crippen molar-refractivity contribution in [3.05, 3.63) is 186 Å². The molecule has 48 heavy (non-hydrogen) atoms. The summed E-state index contributed by atoms with van der Waals surface area (Å²) in [6.45, 7) is 0. The normalized spacial score (nSPS) is 12.8. The first-order chi connectivity index (χ1) is 23.8. The van der Waals surface area contributed by atoms with E-state index in [9.17, 15) is 0 Å². The zero-order chi connectivity index (χ0) is 31.6. The van der Waals surface area contributed by atoms with Gasteiger partial charge in [0, 0.05) is 0 Å². The molecular weight excluding hydrogens is 577 g/mol. The van der Waals surface area contributed by atoms with Gasteiger partial charge in [-0.2, -0.15) is 0 Å². The number of rotatable bonds is 4. The Morgan fingerprint density at radius 2 is 0.812 bits per heavy atom. The first-order valence-corrected chi connectivity index (χ1v) is 17.0. The highest BCUT2D eigenvalue weighted by molar-refractivity contribution is 6.21. The van der Waals surface area contributed by atoms with Gasteiger partial charge in [0.1, 0.15) is 0 Å². The predicted octanol–water partition coefficient (Wildman–Crippen LogP) is 12.2. The van der Waals surface area contributed by atoms with Crippen molar-refractivity contribution in [1.82, 2.24) is 0 Å². The second kappa shape index (κ2) is 10.8. The number of benzene rings is 9. The van der Waals surface area contributed by atoms with Crippen LogP contribution in [0.15, 0.2) is 170 Å². The molecule has 1 aliphatic carbocycles. The maximum Gasteiger partial charge on any atom is -0.00262 e. The molecule has 0 aliphatic heterocycles. The van der Waals surface area contributed by atoms with Crippen LogP contribution >= 0.6 is 0 Å². The quantitative estimate of drug-likeness (QED) is 0.174. The summed E-state index contributed by atoms with van der Waals surface area (Å²) in [6.07, 6.45) is 2.13. The van der Waals surface area contributed by atoms with Gasteiger partial charge in [-0.15, -0.1) is 0 Å². The summed E-state index contributed by atoms with van der Waals surface area (Å²) in [7, 11) is 0. The molecule has 0 fully saturated rings. The summed E-state index contributed by atoms with van der Waals surface area (Å²) >= 11 is 0. The summed E-state index contributed by atoms with van der Waals surface area (Å²) in [5, 5.41) is 12.0. The largest absolute Gasteiger partial charge is 0.0622 e. The average Bonchev–Trinajstić information content (AvgIpc) is 3.16. The van der Waals surface area contributed by atoms with Crippen LogP contribution in [0.2, 0.25) is 0 Å². The Morgan fingerprint density at radius 1 is 0.312 bits per heavy atom. The third kappa shape index (κ3) is 4.16. The van der Waals surface area contributed by atoms with E-state index in [4.69, 9.17) is 0 Å². The summed E-state index contributed by atoms with van der Waals surface area (Å²) < 4.78 is 0. The standard InChI is InChI=1S/C48H32/c1-2-11-31(12-3-1)46-40-19-4-6-21-42(40)47(43-22-7-5-20-41(43)46)38-18-10-16-36(30-38)35-15-9-17-37(29-35)39-27-25-34-24-23-32-13-8-14-33-26-28-44(39)48(34)45(32)33/h1-24,26,28-30H,25,27H2. The van der Waals surface area contributed by atoms with Crippen LogP contribution in [0.1, 0.15) is 17.5 Å². The molecule has 0 nitrogen and oxygen atoms in total. The number of fused-ring (bicyclic) bond motifs is 2. The Hall–Kier alpha value is -5.98. The maximum atomic E-state index is 2.41. The van der Waals surface area contributed by atoms with Crippen molar-refractivity contribution in [3.8, 4) is 33.4 Å². The Morgan fingerprint density at radius 3 is 1.48 bits per heavy atom. The molecule has 0 N–H and O–H groups in total. The third-order valence-corrected chi connectivity index (χ3v) is 10.5. The lowest BCUT2D eigenvalue weighted by Gasteiger charge is -2.20. The minimum atomic E-state index is 1.05. The zero-order valence-corrected chi connectivity index (χ0v) is 26.6. The molecule has 0 atom stereocenters. The molecule has 0 heterocycles.